The molecule has 0 atom stereocenters. The summed E-state index contributed by atoms with van der Waals surface area (Å²) in [6.45, 7) is 0. The molecular formula is C16H16ClN3O4S2. The number of sulfonamides is 1. The quantitative estimate of drug-likeness (QED) is 0.647. The Labute approximate surface area is 160 Å². The maximum absolute atomic E-state index is 12.1. The van der Waals surface area contributed by atoms with Crippen LogP contribution < -0.4 is 16.0 Å². The Balaban J connectivity index is 2.05. The van der Waals surface area contributed by atoms with Crippen LogP contribution in [0.25, 0.3) is 0 Å². The number of nitrogens with one attached hydrogen (secondary N) is 2. The van der Waals surface area contributed by atoms with Gasteiger partial charge in [0.25, 0.3) is 11.8 Å². The molecule has 0 radical (unpaired) electrons. The predicted molar refractivity (Wildman–Crippen MR) is 101 cm³/mol. The van der Waals surface area contributed by atoms with Crippen molar-refractivity contribution in [2.24, 2.45) is 5.14 Å². The third-order valence-corrected chi connectivity index (χ3v) is 5.33. The van der Waals surface area contributed by atoms with Crippen molar-refractivity contribution in [3.63, 3.8) is 0 Å². The highest BCUT2D eigenvalue weighted by Gasteiger charge is 2.17. The third kappa shape index (κ3) is 5.21. The van der Waals surface area contributed by atoms with Gasteiger partial charge in [-0.1, -0.05) is 23.7 Å². The van der Waals surface area contributed by atoms with E-state index in [1.807, 2.05) is 18.4 Å². The molecule has 2 amide bonds. The Kier molecular flexibility index (Phi) is 6.65. The third-order valence-electron chi connectivity index (χ3n) is 3.32. The summed E-state index contributed by atoms with van der Waals surface area (Å²) < 4.78 is 22.9. The summed E-state index contributed by atoms with van der Waals surface area (Å²) in [5.41, 5.74) is 5.91. The molecule has 2 rings (SSSR count). The topological polar surface area (TPSA) is 118 Å². The Morgan fingerprint density at radius 3 is 2.12 bits per heavy atom. The van der Waals surface area contributed by atoms with Gasteiger partial charge in [-0.15, -0.1) is 0 Å². The molecule has 0 saturated carbocycles. The summed E-state index contributed by atoms with van der Waals surface area (Å²) in [6, 6.07) is 10.5. The van der Waals surface area contributed by atoms with E-state index in [0.717, 1.165) is 17.4 Å². The van der Waals surface area contributed by atoms with Gasteiger partial charge in [-0.25, -0.2) is 13.6 Å². The van der Waals surface area contributed by atoms with Gasteiger partial charge in [0.05, 0.1) is 5.02 Å². The lowest BCUT2D eigenvalue weighted by atomic mass is 10.1. The van der Waals surface area contributed by atoms with Crippen LogP contribution in [-0.2, 0) is 15.8 Å². The average molecular weight is 414 g/mol. The zero-order chi connectivity index (χ0) is 19.3. The molecule has 2 aromatic carbocycles. The highest BCUT2D eigenvalue weighted by molar-refractivity contribution is 7.97. The minimum Gasteiger partial charge on any atom is -0.267 e. The van der Waals surface area contributed by atoms with Crippen LogP contribution in [0.4, 0.5) is 0 Å². The molecule has 26 heavy (non-hydrogen) atoms. The van der Waals surface area contributed by atoms with Crippen LogP contribution in [-0.4, -0.2) is 26.5 Å². The molecule has 0 saturated heterocycles. The molecule has 138 valence electrons. The van der Waals surface area contributed by atoms with Crippen molar-refractivity contribution in [3.8, 4) is 0 Å². The highest BCUT2D eigenvalue weighted by atomic mass is 35.5. The molecule has 0 aliphatic rings. The number of amides is 2. The fourth-order valence-electron chi connectivity index (χ4n) is 2.04. The van der Waals surface area contributed by atoms with E-state index in [4.69, 9.17) is 16.7 Å². The molecule has 10 heteroatoms. The first-order chi connectivity index (χ1) is 12.2. The molecule has 0 bridgehead atoms. The van der Waals surface area contributed by atoms with Crippen LogP contribution in [0.2, 0.25) is 5.02 Å². The van der Waals surface area contributed by atoms with Gasteiger partial charge in [-0.3, -0.25) is 20.4 Å². The smallest absolute Gasteiger partial charge is 0.267 e. The van der Waals surface area contributed by atoms with Crippen molar-refractivity contribution < 1.29 is 18.0 Å². The molecule has 0 heterocycles. The van der Waals surface area contributed by atoms with E-state index in [1.165, 1.54) is 12.1 Å². The SMILES string of the molecule is CSCc1ccc(C(=O)NNC(=O)c2ccc(Cl)c(S(N)(=O)=O)c2)cc1. The Morgan fingerprint density at radius 1 is 1.04 bits per heavy atom. The molecule has 7 nitrogen and oxygen atoms in total. The fraction of sp³-hybridized carbons (Fsp3) is 0.125. The normalized spacial score (nSPS) is 11.0. The zero-order valence-corrected chi connectivity index (χ0v) is 16.0. The van der Waals surface area contributed by atoms with E-state index in [0.29, 0.717) is 5.56 Å². The molecular weight excluding hydrogens is 398 g/mol. The molecule has 4 N–H and O–H groups in total. The zero-order valence-electron chi connectivity index (χ0n) is 13.7. The number of carbonyl (C=O) groups excluding carboxylic acids is 2. The van der Waals surface area contributed by atoms with Crippen molar-refractivity contribution in [3.05, 3.63) is 64.2 Å². The number of hydrogen-bond acceptors (Lipinski definition) is 5. The molecule has 0 aliphatic heterocycles. The van der Waals surface area contributed by atoms with Gasteiger partial charge in [0.1, 0.15) is 4.90 Å². The molecule has 0 unspecified atom stereocenters. The summed E-state index contributed by atoms with van der Waals surface area (Å²) in [5.74, 6) is -0.379. The van der Waals surface area contributed by atoms with Crippen LogP contribution in [0.5, 0.6) is 0 Å². The average Bonchev–Trinajstić information content (AvgIpc) is 2.59. The van der Waals surface area contributed by atoms with E-state index in [1.54, 1.807) is 23.9 Å². The number of thioether (sulfide) groups is 1. The van der Waals surface area contributed by atoms with Crippen molar-refractivity contribution in [2.45, 2.75) is 10.6 Å². The Hall–Kier alpha value is -2.07. The molecule has 0 spiro atoms. The van der Waals surface area contributed by atoms with Crippen LogP contribution in [0.3, 0.4) is 0 Å². The number of hydrogen-bond donors (Lipinski definition) is 3. The summed E-state index contributed by atoms with van der Waals surface area (Å²) in [7, 11) is -4.07. The number of benzene rings is 2. The monoisotopic (exact) mass is 413 g/mol. The standard InChI is InChI=1S/C16H16ClN3O4S2/c1-25-9-10-2-4-11(5-3-10)15(21)19-20-16(22)12-6-7-13(17)14(8-12)26(18,23)24/h2-8H,9H2,1H3,(H,19,21)(H,20,22)(H2,18,23,24). The van der Waals surface area contributed by atoms with Gasteiger partial charge in [-0.2, -0.15) is 11.8 Å². The Bertz CT molecular complexity index is 931. The summed E-state index contributed by atoms with van der Waals surface area (Å²) in [6.07, 6.45) is 1.98. The first-order valence-electron chi connectivity index (χ1n) is 7.23. The lowest BCUT2D eigenvalue weighted by molar-refractivity contribution is 0.0846. The van der Waals surface area contributed by atoms with Gasteiger partial charge < -0.3 is 0 Å². The van der Waals surface area contributed by atoms with Gasteiger partial charge in [0.2, 0.25) is 10.0 Å². The molecule has 0 fully saturated rings. The number of carbonyl (C=O) groups is 2. The van der Waals surface area contributed by atoms with E-state index in [9.17, 15) is 18.0 Å². The summed E-state index contributed by atoms with van der Waals surface area (Å²) in [4.78, 5) is 23.8. The lowest BCUT2D eigenvalue weighted by Crippen LogP contribution is -2.41. The van der Waals surface area contributed by atoms with Gasteiger partial charge in [0, 0.05) is 16.9 Å². The molecule has 0 aromatic heterocycles. The summed E-state index contributed by atoms with van der Waals surface area (Å²) in [5, 5.41) is 4.94. The van der Waals surface area contributed by atoms with Crippen LogP contribution in [0.1, 0.15) is 26.3 Å². The second kappa shape index (κ2) is 8.54. The first kappa shape index (κ1) is 20.2. The van der Waals surface area contributed by atoms with E-state index < -0.39 is 21.8 Å². The van der Waals surface area contributed by atoms with E-state index in [-0.39, 0.29) is 15.5 Å². The van der Waals surface area contributed by atoms with E-state index in [2.05, 4.69) is 10.9 Å². The van der Waals surface area contributed by atoms with Crippen molar-refractivity contribution in [1.29, 1.82) is 0 Å². The maximum atomic E-state index is 12.1. The summed E-state index contributed by atoms with van der Waals surface area (Å²) >= 11 is 7.43. The second-order valence-corrected chi connectivity index (χ2v) is 8.03. The maximum Gasteiger partial charge on any atom is 0.269 e. The highest BCUT2D eigenvalue weighted by Crippen LogP contribution is 2.21. The number of hydrazine groups is 1. The second-order valence-electron chi connectivity index (χ2n) is 5.23. The van der Waals surface area contributed by atoms with E-state index >= 15 is 0 Å². The Morgan fingerprint density at radius 2 is 1.58 bits per heavy atom. The van der Waals surface area contributed by atoms with Crippen LogP contribution in [0.15, 0.2) is 47.4 Å². The molecule has 2 aromatic rings. The van der Waals surface area contributed by atoms with Crippen molar-refractivity contribution in [1.82, 2.24) is 10.9 Å². The minimum atomic E-state index is -4.07. The van der Waals surface area contributed by atoms with Gasteiger partial charge >= 0.3 is 0 Å². The molecule has 0 aliphatic carbocycles. The van der Waals surface area contributed by atoms with Crippen LogP contribution >= 0.6 is 23.4 Å². The number of primary sulfonamides is 1. The first-order valence-corrected chi connectivity index (χ1v) is 10.5. The van der Waals surface area contributed by atoms with Crippen molar-refractivity contribution >= 4 is 45.2 Å². The number of nitrogens with two attached hydrogens (primary N) is 1. The largest absolute Gasteiger partial charge is 0.269 e. The van der Waals surface area contributed by atoms with Crippen molar-refractivity contribution in [2.75, 3.05) is 6.26 Å². The fourth-order valence-corrected chi connectivity index (χ4v) is 3.64. The van der Waals surface area contributed by atoms with Crippen LogP contribution in [0, 0.1) is 0 Å². The number of halogens is 1. The van der Waals surface area contributed by atoms with Gasteiger partial charge in [0.15, 0.2) is 0 Å². The minimum absolute atomic E-state index is 0.0194. The lowest BCUT2D eigenvalue weighted by Gasteiger charge is -2.09. The van der Waals surface area contributed by atoms with Gasteiger partial charge in [-0.05, 0) is 42.2 Å². The predicted octanol–water partition coefficient (Wildman–Crippen LogP) is 1.93. The number of rotatable bonds is 5.